The van der Waals surface area contributed by atoms with Crippen molar-refractivity contribution in [3.63, 3.8) is 0 Å². The van der Waals surface area contributed by atoms with E-state index < -0.39 is 0 Å². The van der Waals surface area contributed by atoms with E-state index in [0.29, 0.717) is 0 Å². The molecule has 1 aliphatic rings. The smallest absolute Gasteiger partial charge is 0.224 e. The lowest BCUT2D eigenvalue weighted by molar-refractivity contribution is 0.322. The van der Waals surface area contributed by atoms with Gasteiger partial charge in [-0.15, -0.1) is 0 Å². The molecule has 0 aliphatic heterocycles. The topological polar surface area (TPSA) is 42.7 Å². The molecule has 120 valence electrons. The van der Waals surface area contributed by atoms with E-state index in [-0.39, 0.29) is 0 Å². The molecule has 2 aromatic rings. The molecular weight excluding hydrogens is 340 g/mol. The van der Waals surface area contributed by atoms with Crippen LogP contribution in [0.25, 0.3) is 11.0 Å². The van der Waals surface area contributed by atoms with E-state index in [9.17, 15) is 0 Å². The molecule has 2 aromatic heterocycles. The summed E-state index contributed by atoms with van der Waals surface area (Å²) >= 11 is 3.65. The Labute approximate surface area is 140 Å². The molecule has 1 fully saturated rings. The largest absolute Gasteiger partial charge is 0.354 e. The van der Waals surface area contributed by atoms with Crippen molar-refractivity contribution >= 4 is 32.9 Å². The number of unbranched alkanes of at least 4 members (excludes halogenated alkanes) is 1. The molecule has 1 aliphatic carbocycles. The van der Waals surface area contributed by atoms with Crippen LogP contribution in [0.2, 0.25) is 0 Å². The summed E-state index contributed by atoms with van der Waals surface area (Å²) in [4.78, 5) is 9.18. The predicted octanol–water partition coefficient (Wildman–Crippen LogP) is 4.99. The van der Waals surface area contributed by atoms with Crippen LogP contribution in [-0.4, -0.2) is 21.1 Å². The third-order valence-electron chi connectivity index (χ3n) is 4.56. The Morgan fingerprint density at radius 3 is 2.91 bits per heavy atom. The summed E-state index contributed by atoms with van der Waals surface area (Å²) in [6.45, 7) is 4.21. The van der Waals surface area contributed by atoms with Crippen molar-refractivity contribution in [3.8, 4) is 0 Å². The maximum Gasteiger partial charge on any atom is 0.224 e. The van der Waals surface area contributed by atoms with Gasteiger partial charge in [0.25, 0.3) is 0 Å². The van der Waals surface area contributed by atoms with E-state index in [4.69, 9.17) is 4.98 Å². The number of fused-ring (bicyclic) bond motifs is 1. The fraction of sp³-hybridized carbons (Fsp3) is 0.647. The number of nitrogens with one attached hydrogen (secondary N) is 1. The van der Waals surface area contributed by atoms with Gasteiger partial charge in [-0.2, -0.15) is 4.98 Å². The standard InChI is InChI=1S/C17H25BrN4/c1-2-3-9-19-17-20-10-14-15(18)12-22(16(14)21-17)11-13-7-5-4-6-8-13/h10,12-13H,2-9,11H2,1H3,(H,19,20,21). The molecule has 0 atom stereocenters. The molecule has 0 bridgehead atoms. The quantitative estimate of drug-likeness (QED) is 0.734. The minimum Gasteiger partial charge on any atom is -0.354 e. The van der Waals surface area contributed by atoms with Crippen LogP contribution >= 0.6 is 15.9 Å². The second-order valence-electron chi connectivity index (χ2n) is 6.34. The number of aromatic nitrogens is 3. The van der Waals surface area contributed by atoms with Gasteiger partial charge in [-0.05, 0) is 41.1 Å². The summed E-state index contributed by atoms with van der Waals surface area (Å²) in [7, 11) is 0. The zero-order valence-electron chi connectivity index (χ0n) is 13.3. The van der Waals surface area contributed by atoms with Gasteiger partial charge in [0, 0.05) is 30.0 Å². The summed E-state index contributed by atoms with van der Waals surface area (Å²) in [5.41, 5.74) is 1.05. The molecule has 1 N–H and O–H groups in total. The second-order valence-corrected chi connectivity index (χ2v) is 7.20. The lowest BCUT2D eigenvalue weighted by Crippen LogP contribution is -2.14. The Morgan fingerprint density at radius 1 is 1.32 bits per heavy atom. The molecule has 2 heterocycles. The minimum absolute atomic E-state index is 0.747. The first kappa shape index (κ1) is 15.8. The lowest BCUT2D eigenvalue weighted by atomic mass is 9.89. The van der Waals surface area contributed by atoms with Gasteiger partial charge in [-0.25, -0.2) is 4.98 Å². The van der Waals surface area contributed by atoms with Crippen LogP contribution in [0.5, 0.6) is 0 Å². The molecule has 0 radical (unpaired) electrons. The van der Waals surface area contributed by atoms with Gasteiger partial charge in [0.2, 0.25) is 5.95 Å². The number of halogens is 1. The van der Waals surface area contributed by atoms with Crippen LogP contribution in [0, 0.1) is 5.92 Å². The first-order valence-corrected chi connectivity index (χ1v) is 9.32. The van der Waals surface area contributed by atoms with E-state index in [0.717, 1.165) is 46.9 Å². The van der Waals surface area contributed by atoms with Gasteiger partial charge in [0.05, 0.1) is 5.39 Å². The van der Waals surface area contributed by atoms with Gasteiger partial charge >= 0.3 is 0 Å². The normalized spacial score (nSPS) is 16.3. The summed E-state index contributed by atoms with van der Waals surface area (Å²) in [6, 6.07) is 0. The Hall–Kier alpha value is -1.10. The molecule has 0 spiro atoms. The average molecular weight is 365 g/mol. The zero-order valence-corrected chi connectivity index (χ0v) is 14.9. The lowest BCUT2D eigenvalue weighted by Gasteiger charge is -2.22. The Balaban J connectivity index is 1.80. The number of anilines is 1. The van der Waals surface area contributed by atoms with Crippen molar-refractivity contribution in [2.45, 2.75) is 58.4 Å². The number of rotatable bonds is 6. The Kier molecular flexibility index (Phi) is 5.34. The van der Waals surface area contributed by atoms with Gasteiger partial charge in [0.15, 0.2) is 0 Å². The summed E-state index contributed by atoms with van der Waals surface area (Å²) in [5, 5.41) is 4.44. The molecule has 22 heavy (non-hydrogen) atoms. The van der Waals surface area contributed by atoms with Crippen molar-refractivity contribution in [1.82, 2.24) is 14.5 Å². The monoisotopic (exact) mass is 364 g/mol. The predicted molar refractivity (Wildman–Crippen MR) is 95.2 cm³/mol. The van der Waals surface area contributed by atoms with Crippen LogP contribution in [-0.2, 0) is 6.54 Å². The molecule has 3 rings (SSSR count). The number of nitrogens with zero attached hydrogens (tertiary/aromatic N) is 3. The molecule has 4 nitrogen and oxygen atoms in total. The van der Waals surface area contributed by atoms with Crippen molar-refractivity contribution in [1.29, 1.82) is 0 Å². The van der Waals surface area contributed by atoms with E-state index >= 15 is 0 Å². The Bertz CT molecular complexity index is 616. The van der Waals surface area contributed by atoms with E-state index in [2.05, 4.69) is 43.9 Å². The molecular formula is C17H25BrN4. The van der Waals surface area contributed by atoms with Gasteiger partial charge < -0.3 is 9.88 Å². The van der Waals surface area contributed by atoms with Crippen molar-refractivity contribution in [2.75, 3.05) is 11.9 Å². The van der Waals surface area contributed by atoms with Crippen LogP contribution in [0.4, 0.5) is 5.95 Å². The van der Waals surface area contributed by atoms with Gasteiger partial charge in [-0.3, -0.25) is 0 Å². The van der Waals surface area contributed by atoms with E-state index in [1.807, 2.05) is 6.20 Å². The molecule has 5 heteroatoms. The third-order valence-corrected chi connectivity index (χ3v) is 5.19. The summed E-state index contributed by atoms with van der Waals surface area (Å²) < 4.78 is 3.40. The van der Waals surface area contributed by atoms with Crippen molar-refractivity contribution < 1.29 is 0 Å². The van der Waals surface area contributed by atoms with E-state index in [1.54, 1.807) is 0 Å². The van der Waals surface area contributed by atoms with E-state index in [1.165, 1.54) is 38.5 Å². The SMILES string of the molecule is CCCCNc1ncc2c(Br)cn(CC3CCCCC3)c2n1. The minimum atomic E-state index is 0.747. The molecule has 0 amide bonds. The van der Waals surface area contributed by atoms with Crippen LogP contribution in [0.1, 0.15) is 51.9 Å². The number of hydrogen-bond acceptors (Lipinski definition) is 3. The van der Waals surface area contributed by atoms with Gasteiger partial charge in [0.1, 0.15) is 5.65 Å². The Morgan fingerprint density at radius 2 is 2.14 bits per heavy atom. The zero-order chi connectivity index (χ0) is 15.4. The van der Waals surface area contributed by atoms with Gasteiger partial charge in [-0.1, -0.05) is 32.6 Å². The highest BCUT2D eigenvalue weighted by Gasteiger charge is 2.17. The fourth-order valence-corrected chi connectivity index (χ4v) is 3.80. The van der Waals surface area contributed by atoms with Crippen LogP contribution in [0.3, 0.4) is 0 Å². The molecule has 0 unspecified atom stereocenters. The highest BCUT2D eigenvalue weighted by atomic mass is 79.9. The molecule has 0 saturated heterocycles. The fourth-order valence-electron chi connectivity index (χ4n) is 3.28. The third kappa shape index (κ3) is 3.62. The second kappa shape index (κ2) is 7.44. The first-order chi connectivity index (χ1) is 10.8. The molecule has 0 aromatic carbocycles. The highest BCUT2D eigenvalue weighted by molar-refractivity contribution is 9.10. The average Bonchev–Trinajstić information content (AvgIpc) is 2.84. The summed E-state index contributed by atoms with van der Waals surface area (Å²) in [5.74, 6) is 1.54. The highest BCUT2D eigenvalue weighted by Crippen LogP contribution is 2.29. The summed E-state index contributed by atoms with van der Waals surface area (Å²) in [6.07, 6.45) is 13.3. The van der Waals surface area contributed by atoms with Crippen LogP contribution < -0.4 is 5.32 Å². The number of hydrogen-bond donors (Lipinski definition) is 1. The first-order valence-electron chi connectivity index (χ1n) is 8.53. The van der Waals surface area contributed by atoms with Crippen molar-refractivity contribution in [3.05, 3.63) is 16.9 Å². The maximum absolute atomic E-state index is 4.74. The van der Waals surface area contributed by atoms with Crippen molar-refractivity contribution in [2.24, 2.45) is 5.92 Å². The maximum atomic E-state index is 4.74. The molecule has 1 saturated carbocycles. The van der Waals surface area contributed by atoms with Crippen LogP contribution in [0.15, 0.2) is 16.9 Å².